The lowest BCUT2D eigenvalue weighted by Gasteiger charge is -2.55. The molecule has 0 spiro atoms. The Labute approximate surface area is 174 Å². The number of piperidine rings is 2. The van der Waals surface area contributed by atoms with Crippen LogP contribution in [0.1, 0.15) is 15.9 Å². The zero-order valence-electron chi connectivity index (χ0n) is 16.9. The molecule has 158 valence electrons. The van der Waals surface area contributed by atoms with Crippen LogP contribution >= 0.6 is 0 Å². The highest BCUT2D eigenvalue weighted by Crippen LogP contribution is 2.43. The van der Waals surface area contributed by atoms with Crippen LogP contribution in [0.4, 0.5) is 8.78 Å². The van der Waals surface area contributed by atoms with Gasteiger partial charge in [-0.15, -0.1) is 0 Å². The zero-order chi connectivity index (χ0) is 20.9. The highest BCUT2D eigenvalue weighted by atomic mass is 19.2. The number of methoxy groups -OCH3 is 1. The maximum atomic E-state index is 14.6. The maximum Gasteiger partial charge on any atom is 0.258 e. The van der Waals surface area contributed by atoms with Crippen molar-refractivity contribution < 1.29 is 18.3 Å². The number of nitrogens with one attached hydrogen (secondary N) is 1. The van der Waals surface area contributed by atoms with E-state index in [1.54, 1.807) is 0 Å². The van der Waals surface area contributed by atoms with Crippen LogP contribution in [0, 0.1) is 17.6 Å². The molecule has 0 aliphatic carbocycles. The third-order valence-electron chi connectivity index (χ3n) is 6.93. The number of benzene rings is 2. The molecule has 7 heteroatoms. The van der Waals surface area contributed by atoms with Crippen molar-refractivity contribution in [2.45, 2.75) is 11.5 Å². The van der Waals surface area contributed by atoms with Gasteiger partial charge in [-0.05, 0) is 17.7 Å². The van der Waals surface area contributed by atoms with E-state index < -0.39 is 17.5 Å². The van der Waals surface area contributed by atoms with Crippen LogP contribution < -0.4 is 10.1 Å². The number of rotatable bonds is 4. The number of halogens is 2. The van der Waals surface area contributed by atoms with E-state index in [1.165, 1.54) is 18.7 Å². The van der Waals surface area contributed by atoms with Crippen molar-refractivity contribution in [1.29, 1.82) is 0 Å². The smallest absolute Gasteiger partial charge is 0.258 e. The van der Waals surface area contributed by atoms with Crippen LogP contribution in [-0.2, 0) is 5.41 Å². The summed E-state index contributed by atoms with van der Waals surface area (Å²) in [5.41, 5.74) is 0.502. The number of amides is 1. The van der Waals surface area contributed by atoms with E-state index >= 15 is 0 Å². The molecule has 2 aromatic rings. The molecule has 4 heterocycles. The van der Waals surface area contributed by atoms with E-state index in [9.17, 15) is 13.6 Å². The van der Waals surface area contributed by atoms with Crippen LogP contribution in [-0.4, -0.2) is 68.1 Å². The van der Waals surface area contributed by atoms with Gasteiger partial charge >= 0.3 is 0 Å². The Morgan fingerprint density at radius 1 is 1.07 bits per heavy atom. The summed E-state index contributed by atoms with van der Waals surface area (Å²) in [5, 5.41) is 3.11. The molecule has 2 aromatic carbocycles. The van der Waals surface area contributed by atoms with Gasteiger partial charge in [-0.2, -0.15) is 0 Å². The Bertz CT molecular complexity index is 952. The first kappa shape index (κ1) is 19.5. The van der Waals surface area contributed by atoms with Gasteiger partial charge in [0.25, 0.3) is 5.91 Å². The van der Waals surface area contributed by atoms with Crippen LogP contribution in [0.5, 0.6) is 5.75 Å². The quantitative estimate of drug-likeness (QED) is 0.836. The lowest BCUT2D eigenvalue weighted by atomic mass is 9.64. The normalized spacial score (nSPS) is 32.0. The molecule has 0 radical (unpaired) electrons. The summed E-state index contributed by atoms with van der Waals surface area (Å²) < 4.78 is 33.6. The summed E-state index contributed by atoms with van der Waals surface area (Å²) in [5.74, 6) is -2.61. The monoisotopic (exact) mass is 413 g/mol. The fourth-order valence-electron chi connectivity index (χ4n) is 5.70. The average molecular weight is 413 g/mol. The second kappa shape index (κ2) is 7.32. The zero-order valence-corrected chi connectivity index (χ0v) is 16.9. The van der Waals surface area contributed by atoms with Crippen LogP contribution in [0.2, 0.25) is 0 Å². The fourth-order valence-corrected chi connectivity index (χ4v) is 5.70. The number of carbonyl (C=O) groups excluding carboxylic acids is 1. The third-order valence-corrected chi connectivity index (χ3v) is 6.93. The van der Waals surface area contributed by atoms with E-state index in [0.29, 0.717) is 0 Å². The molecule has 4 aliphatic heterocycles. The minimum Gasteiger partial charge on any atom is -0.496 e. The predicted octanol–water partition coefficient (Wildman–Crippen LogP) is 2.27. The Hall–Kier alpha value is -2.51. The lowest BCUT2D eigenvalue weighted by molar-refractivity contribution is 0.0179. The molecular weight excluding hydrogens is 388 g/mol. The highest BCUT2D eigenvalue weighted by Gasteiger charge is 2.55. The molecule has 3 unspecified atom stereocenters. The van der Waals surface area contributed by atoms with Crippen molar-refractivity contribution in [1.82, 2.24) is 15.1 Å². The van der Waals surface area contributed by atoms with Crippen LogP contribution in [0.3, 0.4) is 0 Å². The summed E-state index contributed by atoms with van der Waals surface area (Å²) >= 11 is 0. The first-order valence-corrected chi connectivity index (χ1v) is 10.3. The standard InChI is InChI=1S/C23H25F2N3O2/c1-30-18-8-7-17(24)20(25)19(18)22(29)26-21-15-11-27-9-10-28(12-15)14-23(21,13-27)16-5-3-2-4-6-16/h2-8,15,21H,9-14H2,1H3,(H,26,29). The average Bonchev–Trinajstić information content (AvgIpc) is 3.01. The van der Waals surface area contributed by atoms with Gasteiger partial charge in [0.05, 0.1) is 7.11 Å². The minimum absolute atomic E-state index is 0.0358. The summed E-state index contributed by atoms with van der Waals surface area (Å²) in [6.07, 6.45) is 0. The summed E-state index contributed by atoms with van der Waals surface area (Å²) in [4.78, 5) is 18.2. The van der Waals surface area contributed by atoms with Gasteiger partial charge in [0.15, 0.2) is 11.6 Å². The summed E-state index contributed by atoms with van der Waals surface area (Å²) in [6.45, 7) is 5.46. The van der Waals surface area contributed by atoms with Gasteiger partial charge in [-0.1, -0.05) is 30.3 Å². The second-order valence-corrected chi connectivity index (χ2v) is 8.64. The molecule has 1 amide bonds. The molecule has 0 saturated carbocycles. The van der Waals surface area contributed by atoms with E-state index in [0.717, 1.165) is 45.3 Å². The molecular formula is C23H25F2N3O2. The first-order chi connectivity index (χ1) is 14.5. The van der Waals surface area contributed by atoms with Crippen molar-refractivity contribution in [3.8, 4) is 5.75 Å². The lowest BCUT2D eigenvalue weighted by Crippen LogP contribution is -2.70. The van der Waals surface area contributed by atoms with Gasteiger partial charge in [0.1, 0.15) is 11.3 Å². The number of ether oxygens (including phenoxy) is 1. The molecule has 5 nitrogen and oxygen atoms in total. The Kier molecular flexibility index (Phi) is 4.75. The fraction of sp³-hybridized carbons (Fsp3) is 0.435. The topological polar surface area (TPSA) is 44.8 Å². The highest BCUT2D eigenvalue weighted by molar-refractivity contribution is 5.97. The largest absolute Gasteiger partial charge is 0.496 e. The van der Waals surface area contributed by atoms with Crippen LogP contribution in [0.25, 0.3) is 0 Å². The number of hydrogen-bond donors (Lipinski definition) is 1. The SMILES string of the molecule is COc1ccc(F)c(F)c1C(=O)NC1C2CN3CCN(C2)CC1(c1ccccc1)C3. The molecule has 1 N–H and O–H groups in total. The van der Waals surface area contributed by atoms with Gasteiger partial charge in [-0.3, -0.25) is 4.79 Å². The van der Waals surface area contributed by atoms with Gasteiger partial charge in [-0.25, -0.2) is 8.78 Å². The summed E-state index contributed by atoms with van der Waals surface area (Å²) in [7, 11) is 1.35. The Morgan fingerprint density at radius 3 is 2.37 bits per heavy atom. The number of nitrogens with zero attached hydrogens (tertiary/aromatic N) is 2. The molecule has 4 aliphatic rings. The summed E-state index contributed by atoms with van der Waals surface area (Å²) in [6, 6.07) is 12.3. The Balaban J connectivity index is 1.55. The van der Waals surface area contributed by atoms with E-state index in [-0.39, 0.29) is 28.7 Å². The first-order valence-electron chi connectivity index (χ1n) is 10.3. The van der Waals surface area contributed by atoms with Crippen molar-refractivity contribution in [3.05, 3.63) is 65.2 Å². The molecule has 6 rings (SSSR count). The van der Waals surface area contributed by atoms with Crippen molar-refractivity contribution >= 4 is 5.91 Å². The number of hydrogen-bond acceptors (Lipinski definition) is 4. The molecule has 4 saturated heterocycles. The van der Waals surface area contributed by atoms with Gasteiger partial charge in [0, 0.05) is 56.6 Å². The van der Waals surface area contributed by atoms with Gasteiger partial charge in [0.2, 0.25) is 0 Å². The second-order valence-electron chi connectivity index (χ2n) is 8.64. The van der Waals surface area contributed by atoms with E-state index in [4.69, 9.17) is 4.74 Å². The van der Waals surface area contributed by atoms with Crippen molar-refractivity contribution in [3.63, 3.8) is 0 Å². The molecule has 0 aromatic heterocycles. The molecule has 4 bridgehead atoms. The van der Waals surface area contributed by atoms with E-state index in [1.807, 2.05) is 18.2 Å². The van der Waals surface area contributed by atoms with Gasteiger partial charge < -0.3 is 19.9 Å². The Morgan fingerprint density at radius 2 is 1.73 bits per heavy atom. The minimum atomic E-state index is -1.17. The predicted molar refractivity (Wildman–Crippen MR) is 109 cm³/mol. The third kappa shape index (κ3) is 2.99. The van der Waals surface area contributed by atoms with Crippen molar-refractivity contribution in [2.24, 2.45) is 5.92 Å². The van der Waals surface area contributed by atoms with E-state index in [2.05, 4.69) is 27.2 Å². The number of fused-ring (bicyclic) bond motifs is 1. The molecule has 4 fully saturated rings. The molecule has 3 atom stereocenters. The maximum absolute atomic E-state index is 14.6. The van der Waals surface area contributed by atoms with Crippen LogP contribution in [0.15, 0.2) is 42.5 Å². The van der Waals surface area contributed by atoms with Crippen molar-refractivity contribution in [2.75, 3.05) is 46.4 Å². The number of carbonyl (C=O) groups is 1. The molecule has 30 heavy (non-hydrogen) atoms.